The van der Waals surface area contributed by atoms with Gasteiger partial charge in [-0.05, 0) is 44.7 Å². The monoisotopic (exact) mass is 437 g/mol. The predicted molar refractivity (Wildman–Crippen MR) is 122 cm³/mol. The van der Waals surface area contributed by atoms with Gasteiger partial charge in [-0.3, -0.25) is 14.2 Å². The average Bonchev–Trinajstić information content (AvgIpc) is 2.90. The third-order valence-electron chi connectivity index (χ3n) is 6.40. The van der Waals surface area contributed by atoms with Crippen LogP contribution in [0, 0.1) is 20.8 Å². The third kappa shape index (κ3) is 3.45. The van der Waals surface area contributed by atoms with Crippen molar-refractivity contribution in [3.63, 3.8) is 0 Å². The lowest BCUT2D eigenvalue weighted by atomic mass is 9.95. The molecule has 6 nitrogen and oxygen atoms in total. The van der Waals surface area contributed by atoms with Crippen LogP contribution in [-0.2, 0) is 13.0 Å². The van der Waals surface area contributed by atoms with E-state index in [1.54, 1.807) is 0 Å². The van der Waals surface area contributed by atoms with E-state index in [1.807, 2.05) is 18.4 Å². The summed E-state index contributed by atoms with van der Waals surface area (Å²) in [7, 11) is 0. The van der Waals surface area contributed by atoms with E-state index < -0.39 is 0 Å². The molecule has 1 atom stereocenters. The Morgan fingerprint density at radius 1 is 1.23 bits per heavy atom. The van der Waals surface area contributed by atoms with E-state index in [1.165, 1.54) is 11.3 Å². The molecule has 0 bridgehead atoms. The van der Waals surface area contributed by atoms with Crippen molar-refractivity contribution in [1.29, 1.82) is 0 Å². The zero-order valence-corrected chi connectivity index (χ0v) is 19.0. The van der Waals surface area contributed by atoms with Crippen molar-refractivity contribution in [3.8, 4) is 5.75 Å². The van der Waals surface area contributed by atoms with Gasteiger partial charge in [-0.15, -0.1) is 11.3 Å². The maximum atomic E-state index is 13.3. The summed E-state index contributed by atoms with van der Waals surface area (Å²) in [6, 6.07) is 4.09. The highest BCUT2D eigenvalue weighted by atomic mass is 32.1. The second-order valence-electron chi connectivity index (χ2n) is 8.70. The van der Waals surface area contributed by atoms with Crippen LogP contribution in [0.15, 0.2) is 16.9 Å². The number of nitrogens with zero attached hydrogens (tertiary/aromatic N) is 2. The van der Waals surface area contributed by atoms with Gasteiger partial charge in [0.15, 0.2) is 0 Å². The van der Waals surface area contributed by atoms with E-state index in [9.17, 15) is 9.59 Å². The van der Waals surface area contributed by atoms with Gasteiger partial charge in [0.05, 0.1) is 22.9 Å². The minimum absolute atomic E-state index is 0.00244. The number of rotatable bonds is 2. The fourth-order valence-electron chi connectivity index (χ4n) is 4.88. The van der Waals surface area contributed by atoms with Crippen LogP contribution < -0.4 is 15.6 Å². The molecular formula is C24H27N3O3S. The summed E-state index contributed by atoms with van der Waals surface area (Å²) in [6.45, 7) is 7.25. The molecule has 2 aliphatic heterocycles. The lowest BCUT2D eigenvalue weighted by Gasteiger charge is -2.28. The minimum Gasteiger partial charge on any atom is -0.493 e. The Morgan fingerprint density at radius 2 is 2.06 bits per heavy atom. The van der Waals surface area contributed by atoms with Gasteiger partial charge in [-0.25, -0.2) is 4.98 Å². The number of aryl methyl sites for hydroxylation is 4. The first kappa shape index (κ1) is 20.2. The summed E-state index contributed by atoms with van der Waals surface area (Å²) in [5, 5.41) is 3.80. The van der Waals surface area contributed by atoms with Crippen LogP contribution in [0.25, 0.3) is 10.2 Å². The third-order valence-corrected chi connectivity index (χ3v) is 7.58. The largest absolute Gasteiger partial charge is 0.493 e. The highest BCUT2D eigenvalue weighted by molar-refractivity contribution is 7.20. The predicted octanol–water partition coefficient (Wildman–Crippen LogP) is 4.36. The highest BCUT2D eigenvalue weighted by Gasteiger charge is 2.28. The Balaban J connectivity index is 1.51. The minimum atomic E-state index is -0.142. The molecule has 0 spiro atoms. The van der Waals surface area contributed by atoms with Crippen LogP contribution >= 0.6 is 11.3 Å². The molecule has 162 valence electrons. The molecular weight excluding hydrogens is 410 g/mol. The maximum absolute atomic E-state index is 13.3. The Kier molecular flexibility index (Phi) is 5.08. The van der Waals surface area contributed by atoms with E-state index >= 15 is 0 Å². The van der Waals surface area contributed by atoms with Gasteiger partial charge in [0, 0.05) is 24.9 Å². The van der Waals surface area contributed by atoms with Crippen LogP contribution in [-0.4, -0.2) is 22.1 Å². The van der Waals surface area contributed by atoms with Crippen molar-refractivity contribution in [3.05, 3.63) is 55.4 Å². The van der Waals surface area contributed by atoms with Crippen molar-refractivity contribution in [2.75, 3.05) is 6.61 Å². The zero-order valence-electron chi connectivity index (χ0n) is 18.2. The summed E-state index contributed by atoms with van der Waals surface area (Å²) in [4.78, 5) is 32.5. The molecule has 0 saturated heterocycles. The molecule has 5 rings (SSSR count). The molecule has 1 amide bonds. The van der Waals surface area contributed by atoms with Gasteiger partial charge >= 0.3 is 0 Å². The topological polar surface area (TPSA) is 73.2 Å². The second kappa shape index (κ2) is 7.79. The number of thiophene rings is 1. The molecule has 1 unspecified atom stereocenters. The molecule has 31 heavy (non-hydrogen) atoms. The molecule has 1 N–H and O–H groups in total. The van der Waals surface area contributed by atoms with Crippen molar-refractivity contribution < 1.29 is 9.53 Å². The normalized spacial score (nSPS) is 18.1. The Bertz CT molecular complexity index is 1260. The number of hydrogen-bond donors (Lipinski definition) is 1. The fraction of sp³-hybridized carbons (Fsp3) is 0.458. The maximum Gasteiger partial charge on any atom is 0.262 e. The van der Waals surface area contributed by atoms with Gasteiger partial charge < -0.3 is 10.1 Å². The molecule has 4 heterocycles. The molecule has 0 radical (unpaired) electrons. The number of aromatic nitrogens is 2. The zero-order chi connectivity index (χ0) is 21.7. The van der Waals surface area contributed by atoms with Crippen LogP contribution in [0.3, 0.4) is 0 Å². The Labute approximate surface area is 185 Å². The summed E-state index contributed by atoms with van der Waals surface area (Å²) < 4.78 is 7.70. The number of ether oxygens (including phenoxy) is 1. The van der Waals surface area contributed by atoms with E-state index in [0.29, 0.717) is 28.2 Å². The van der Waals surface area contributed by atoms with Gasteiger partial charge in [0.1, 0.15) is 16.4 Å². The van der Waals surface area contributed by atoms with Crippen molar-refractivity contribution in [2.24, 2.45) is 0 Å². The van der Waals surface area contributed by atoms with E-state index in [2.05, 4.69) is 24.4 Å². The molecule has 1 aromatic carbocycles. The van der Waals surface area contributed by atoms with E-state index in [0.717, 1.165) is 65.9 Å². The number of carbonyl (C=O) groups is 1. The quantitative estimate of drug-likeness (QED) is 0.646. The highest BCUT2D eigenvalue weighted by Crippen LogP contribution is 2.36. The van der Waals surface area contributed by atoms with Gasteiger partial charge in [0.25, 0.3) is 11.5 Å². The number of carbonyl (C=O) groups excluding carboxylic acids is 1. The summed E-state index contributed by atoms with van der Waals surface area (Å²) in [6.07, 6.45) is 4.72. The lowest BCUT2D eigenvalue weighted by Crippen LogP contribution is -2.32. The number of hydrogen-bond acceptors (Lipinski definition) is 5. The lowest BCUT2D eigenvalue weighted by molar-refractivity contribution is 0.0928. The van der Waals surface area contributed by atoms with Crippen LogP contribution in [0.2, 0.25) is 0 Å². The first-order valence-electron chi connectivity index (χ1n) is 11.0. The van der Waals surface area contributed by atoms with Gasteiger partial charge in [-0.1, -0.05) is 24.1 Å². The SMILES string of the molecule is Cc1cc(C)c2c(c1)C(NC(=O)c1sc3nc4n(c(=O)c3c1C)CCCCC4)CCO2. The first-order chi connectivity index (χ1) is 14.9. The molecule has 2 aromatic heterocycles. The van der Waals surface area contributed by atoms with Crippen LogP contribution in [0.5, 0.6) is 5.75 Å². The van der Waals surface area contributed by atoms with Crippen LogP contribution in [0.1, 0.15) is 69.5 Å². The summed E-state index contributed by atoms with van der Waals surface area (Å²) in [5.74, 6) is 1.59. The number of nitrogens with one attached hydrogen (secondary N) is 1. The Morgan fingerprint density at radius 3 is 2.90 bits per heavy atom. The fourth-order valence-corrected chi connectivity index (χ4v) is 5.97. The molecule has 0 aliphatic carbocycles. The van der Waals surface area contributed by atoms with Crippen molar-refractivity contribution in [1.82, 2.24) is 14.9 Å². The number of amides is 1. The van der Waals surface area contributed by atoms with E-state index in [-0.39, 0.29) is 17.5 Å². The van der Waals surface area contributed by atoms with Gasteiger partial charge in [-0.2, -0.15) is 0 Å². The average molecular weight is 438 g/mol. The molecule has 0 fully saturated rings. The molecule has 0 saturated carbocycles. The standard InChI is InChI=1S/C24H27N3O3S/c1-13-11-14(2)20-16(12-13)17(8-10-30-20)25-22(28)21-15(3)19-23(31-21)26-18-7-5-4-6-9-27(18)24(19)29/h11-12,17H,4-10H2,1-3H3,(H,25,28). The van der Waals surface area contributed by atoms with E-state index in [4.69, 9.17) is 9.72 Å². The first-order valence-corrected chi connectivity index (χ1v) is 11.8. The summed E-state index contributed by atoms with van der Waals surface area (Å²) in [5.41, 5.74) is 4.00. The molecule has 3 aromatic rings. The van der Waals surface area contributed by atoms with Crippen molar-refractivity contribution >= 4 is 27.5 Å². The molecule has 7 heteroatoms. The number of fused-ring (bicyclic) bond motifs is 3. The smallest absolute Gasteiger partial charge is 0.262 e. The second-order valence-corrected chi connectivity index (χ2v) is 9.69. The van der Waals surface area contributed by atoms with Crippen LogP contribution in [0.4, 0.5) is 0 Å². The van der Waals surface area contributed by atoms with Gasteiger partial charge in [0.2, 0.25) is 0 Å². The summed E-state index contributed by atoms with van der Waals surface area (Å²) >= 11 is 1.33. The number of benzene rings is 1. The Hall–Kier alpha value is -2.67. The molecule has 2 aliphatic rings. The van der Waals surface area contributed by atoms with Crippen molar-refractivity contribution in [2.45, 2.75) is 65.5 Å².